The molecule has 6 nitrogen and oxygen atoms in total. The molecule has 33 heavy (non-hydrogen) atoms. The van der Waals surface area contributed by atoms with E-state index in [2.05, 4.69) is 0 Å². The van der Waals surface area contributed by atoms with E-state index in [1.165, 1.54) is 23.4 Å². The minimum atomic E-state index is -0.497. The molecule has 0 saturated carbocycles. The highest BCUT2D eigenvalue weighted by molar-refractivity contribution is 8.00. The van der Waals surface area contributed by atoms with E-state index in [1.54, 1.807) is 55.3 Å². The van der Waals surface area contributed by atoms with E-state index >= 15 is 0 Å². The Hall–Kier alpha value is -3.29. The van der Waals surface area contributed by atoms with Gasteiger partial charge in [0.1, 0.15) is 5.75 Å². The number of aromatic nitrogens is 2. The smallest absolute Gasteiger partial charge is 0.266 e. The van der Waals surface area contributed by atoms with Crippen LogP contribution in [0.5, 0.6) is 5.75 Å². The molecule has 0 aliphatic carbocycles. The zero-order valence-electron chi connectivity index (χ0n) is 18.4. The van der Waals surface area contributed by atoms with Crippen LogP contribution in [0.2, 0.25) is 5.02 Å². The summed E-state index contributed by atoms with van der Waals surface area (Å²) in [7, 11) is 3.27. The summed E-state index contributed by atoms with van der Waals surface area (Å²) >= 11 is 7.57. The summed E-state index contributed by atoms with van der Waals surface area (Å²) < 4.78 is 6.73. The van der Waals surface area contributed by atoms with Crippen molar-refractivity contribution in [2.45, 2.75) is 17.3 Å². The maximum absolute atomic E-state index is 13.5. The summed E-state index contributed by atoms with van der Waals surface area (Å²) in [5.41, 5.74) is 1.67. The van der Waals surface area contributed by atoms with E-state index < -0.39 is 5.25 Å². The summed E-state index contributed by atoms with van der Waals surface area (Å²) in [5.74, 6) is 0.400. The number of ether oxygens (including phenoxy) is 1. The lowest BCUT2D eigenvalue weighted by atomic mass is 10.2. The van der Waals surface area contributed by atoms with Crippen molar-refractivity contribution < 1.29 is 9.53 Å². The molecule has 168 valence electrons. The minimum absolute atomic E-state index is 0.104. The number of rotatable bonds is 6. The first-order valence-electron chi connectivity index (χ1n) is 10.3. The molecule has 1 amide bonds. The number of methoxy groups -OCH3 is 1. The van der Waals surface area contributed by atoms with Crippen molar-refractivity contribution >= 4 is 45.9 Å². The Morgan fingerprint density at radius 2 is 1.79 bits per heavy atom. The van der Waals surface area contributed by atoms with Crippen molar-refractivity contribution in [3.8, 4) is 11.4 Å². The second kappa shape index (κ2) is 9.68. The van der Waals surface area contributed by atoms with Gasteiger partial charge in [-0.05, 0) is 49.4 Å². The number of carbonyl (C=O) groups excluding carboxylic acids is 1. The van der Waals surface area contributed by atoms with Crippen LogP contribution in [0.4, 0.5) is 5.69 Å². The molecule has 4 aromatic rings. The first kappa shape index (κ1) is 22.9. The number of para-hydroxylation sites is 2. The number of hydrogen-bond donors (Lipinski definition) is 0. The molecule has 0 radical (unpaired) electrons. The number of benzene rings is 3. The van der Waals surface area contributed by atoms with Crippen molar-refractivity contribution in [1.82, 2.24) is 9.55 Å². The van der Waals surface area contributed by atoms with Gasteiger partial charge in [0.05, 0.1) is 34.0 Å². The normalized spacial score (nSPS) is 11.9. The van der Waals surface area contributed by atoms with Gasteiger partial charge in [0.2, 0.25) is 5.91 Å². The van der Waals surface area contributed by atoms with Crippen LogP contribution < -0.4 is 15.2 Å². The molecule has 1 aromatic heterocycles. The largest absolute Gasteiger partial charge is 0.495 e. The number of thioether (sulfide) groups is 1. The highest BCUT2D eigenvalue weighted by atomic mass is 35.5. The molecule has 1 atom stereocenters. The van der Waals surface area contributed by atoms with E-state index in [0.29, 0.717) is 32.5 Å². The van der Waals surface area contributed by atoms with Gasteiger partial charge in [-0.1, -0.05) is 53.7 Å². The number of anilines is 1. The topological polar surface area (TPSA) is 64.4 Å². The number of fused-ring (bicyclic) bond motifs is 1. The van der Waals surface area contributed by atoms with Crippen molar-refractivity contribution in [1.29, 1.82) is 0 Å². The molecule has 0 N–H and O–H groups in total. The van der Waals surface area contributed by atoms with Gasteiger partial charge in [0.15, 0.2) is 5.16 Å². The Morgan fingerprint density at radius 3 is 2.48 bits per heavy atom. The van der Waals surface area contributed by atoms with E-state index in [-0.39, 0.29) is 11.5 Å². The number of halogens is 1. The Morgan fingerprint density at radius 1 is 1.09 bits per heavy atom. The first-order valence-corrected chi connectivity index (χ1v) is 11.5. The molecule has 0 fully saturated rings. The highest BCUT2D eigenvalue weighted by Crippen LogP contribution is 2.30. The summed E-state index contributed by atoms with van der Waals surface area (Å²) in [5, 5.41) is 0.763. The van der Waals surface area contributed by atoms with Gasteiger partial charge >= 0.3 is 0 Å². The van der Waals surface area contributed by atoms with E-state index in [4.69, 9.17) is 21.3 Å². The Kier molecular flexibility index (Phi) is 6.72. The Balaban J connectivity index is 1.78. The fraction of sp³-hybridized carbons (Fsp3) is 0.160. The molecule has 4 rings (SSSR count). The van der Waals surface area contributed by atoms with Crippen molar-refractivity contribution in [3.05, 3.63) is 88.2 Å². The van der Waals surface area contributed by atoms with Gasteiger partial charge in [-0.3, -0.25) is 14.2 Å². The van der Waals surface area contributed by atoms with Gasteiger partial charge in [-0.2, -0.15) is 0 Å². The third-order valence-electron chi connectivity index (χ3n) is 5.24. The zero-order chi connectivity index (χ0) is 23.5. The van der Waals surface area contributed by atoms with Crippen LogP contribution >= 0.6 is 23.4 Å². The predicted octanol–water partition coefficient (Wildman–Crippen LogP) is 5.19. The van der Waals surface area contributed by atoms with Gasteiger partial charge in [0.25, 0.3) is 5.56 Å². The molecule has 3 aromatic carbocycles. The lowest BCUT2D eigenvalue weighted by Gasteiger charge is -2.22. The molecule has 0 aliphatic heterocycles. The first-order chi connectivity index (χ1) is 15.9. The molecular weight excluding hydrogens is 458 g/mol. The second-order valence-corrected chi connectivity index (χ2v) is 9.08. The average Bonchev–Trinajstić information content (AvgIpc) is 2.84. The van der Waals surface area contributed by atoms with E-state index in [1.807, 2.05) is 36.4 Å². The summed E-state index contributed by atoms with van der Waals surface area (Å²) in [6, 6.07) is 21.7. The van der Waals surface area contributed by atoms with E-state index in [0.717, 1.165) is 5.69 Å². The molecule has 0 spiro atoms. The number of hydrogen-bond acceptors (Lipinski definition) is 5. The summed E-state index contributed by atoms with van der Waals surface area (Å²) in [4.78, 5) is 32.9. The van der Waals surface area contributed by atoms with Gasteiger partial charge in [-0.15, -0.1) is 0 Å². The number of nitrogens with zero attached hydrogens (tertiary/aromatic N) is 3. The average molecular weight is 480 g/mol. The van der Waals surface area contributed by atoms with Gasteiger partial charge in [0, 0.05) is 12.7 Å². The Bertz CT molecular complexity index is 1370. The van der Waals surface area contributed by atoms with Crippen LogP contribution in [0.15, 0.2) is 82.7 Å². The fourth-order valence-electron chi connectivity index (χ4n) is 3.47. The molecule has 0 bridgehead atoms. The van der Waals surface area contributed by atoms with Crippen LogP contribution in [-0.4, -0.2) is 34.9 Å². The second-order valence-electron chi connectivity index (χ2n) is 7.36. The third-order valence-corrected chi connectivity index (χ3v) is 6.58. The lowest BCUT2D eigenvalue weighted by Crippen LogP contribution is -2.33. The monoisotopic (exact) mass is 479 g/mol. The molecule has 0 aliphatic rings. The van der Waals surface area contributed by atoms with Crippen molar-refractivity contribution in [3.63, 3.8) is 0 Å². The zero-order valence-corrected chi connectivity index (χ0v) is 19.9. The van der Waals surface area contributed by atoms with Crippen molar-refractivity contribution in [2.24, 2.45) is 0 Å². The SMILES string of the molecule is COc1ccc(-n2c(S[C@H](C)C(=O)N(C)c3ccccc3)nc3ccccc3c2=O)cc1Cl. The predicted molar refractivity (Wildman–Crippen MR) is 134 cm³/mol. The molecule has 8 heteroatoms. The van der Waals surface area contributed by atoms with E-state index in [9.17, 15) is 9.59 Å². The molecule has 0 unspecified atom stereocenters. The molecule has 0 saturated heterocycles. The summed E-state index contributed by atoms with van der Waals surface area (Å²) in [6.45, 7) is 1.80. The molecule has 1 heterocycles. The highest BCUT2D eigenvalue weighted by Gasteiger charge is 2.23. The lowest BCUT2D eigenvalue weighted by molar-refractivity contribution is -0.117. The number of amides is 1. The molecular formula is C25H22ClN3O3S. The van der Waals surface area contributed by atoms with Crippen LogP contribution in [-0.2, 0) is 4.79 Å². The third kappa shape index (κ3) is 4.60. The fourth-order valence-corrected chi connectivity index (χ4v) is 4.75. The van der Waals surface area contributed by atoms with Gasteiger partial charge in [-0.25, -0.2) is 4.98 Å². The van der Waals surface area contributed by atoms with Crippen LogP contribution in [0.3, 0.4) is 0 Å². The van der Waals surface area contributed by atoms with Crippen molar-refractivity contribution in [2.75, 3.05) is 19.1 Å². The van der Waals surface area contributed by atoms with Crippen LogP contribution in [0.1, 0.15) is 6.92 Å². The maximum atomic E-state index is 13.5. The summed E-state index contributed by atoms with van der Waals surface area (Å²) in [6.07, 6.45) is 0. The van der Waals surface area contributed by atoms with Crippen LogP contribution in [0.25, 0.3) is 16.6 Å². The number of carbonyl (C=O) groups is 1. The quantitative estimate of drug-likeness (QED) is 0.281. The van der Waals surface area contributed by atoms with Crippen LogP contribution in [0, 0.1) is 0 Å². The van der Waals surface area contributed by atoms with Gasteiger partial charge < -0.3 is 9.64 Å². The minimum Gasteiger partial charge on any atom is -0.495 e. The standard InChI is InChI=1S/C25H22ClN3O3S/c1-16(23(30)28(2)17-9-5-4-6-10-17)33-25-27-21-12-8-7-11-19(21)24(31)29(25)18-13-14-22(32-3)20(26)15-18/h4-16H,1-3H3/t16-/m1/s1. The Labute approximate surface area is 200 Å². The maximum Gasteiger partial charge on any atom is 0.266 e.